The molecule has 0 aromatic heterocycles. The first-order chi connectivity index (χ1) is 6.25. The van der Waals surface area contributed by atoms with Crippen LogP contribution in [-0.2, 0) is 9.47 Å². The smallest absolute Gasteiger partial charge is 0.136 e. The summed E-state index contributed by atoms with van der Waals surface area (Å²) in [5.74, 6) is 0.673. The van der Waals surface area contributed by atoms with Crippen LogP contribution in [0.5, 0.6) is 0 Å². The molecule has 2 unspecified atom stereocenters. The van der Waals surface area contributed by atoms with Gasteiger partial charge in [0.05, 0.1) is 12.7 Å². The van der Waals surface area contributed by atoms with Gasteiger partial charge >= 0.3 is 0 Å². The van der Waals surface area contributed by atoms with Gasteiger partial charge < -0.3 is 14.6 Å². The summed E-state index contributed by atoms with van der Waals surface area (Å²) in [5, 5.41) is 9.76. The molecule has 0 aromatic carbocycles. The van der Waals surface area contributed by atoms with Crippen molar-refractivity contribution in [1.82, 2.24) is 0 Å². The standard InChI is InChI=1S/C10H18O3/c1-3-12-8(2)10(11)9-6-4-5-7-13-9/h6,8,10-11H,3-5,7H2,1-2H3. The maximum Gasteiger partial charge on any atom is 0.136 e. The Morgan fingerprint density at radius 3 is 3.00 bits per heavy atom. The van der Waals surface area contributed by atoms with Gasteiger partial charge in [-0.05, 0) is 32.8 Å². The second-order valence-corrected chi connectivity index (χ2v) is 3.20. The predicted octanol–water partition coefficient (Wildman–Crippen LogP) is 1.47. The van der Waals surface area contributed by atoms with E-state index in [0.717, 1.165) is 12.8 Å². The molecule has 1 N–H and O–H groups in total. The van der Waals surface area contributed by atoms with Crippen molar-refractivity contribution in [3.8, 4) is 0 Å². The first kappa shape index (κ1) is 10.5. The molecule has 0 aromatic rings. The summed E-state index contributed by atoms with van der Waals surface area (Å²) >= 11 is 0. The van der Waals surface area contributed by atoms with Crippen LogP contribution in [0.25, 0.3) is 0 Å². The van der Waals surface area contributed by atoms with Gasteiger partial charge in [0.1, 0.15) is 11.9 Å². The zero-order valence-corrected chi connectivity index (χ0v) is 8.32. The summed E-state index contributed by atoms with van der Waals surface area (Å²) in [7, 11) is 0. The number of allylic oxidation sites excluding steroid dienone is 1. The molecular weight excluding hydrogens is 168 g/mol. The van der Waals surface area contributed by atoms with E-state index in [1.54, 1.807) is 0 Å². The highest BCUT2D eigenvalue weighted by Crippen LogP contribution is 2.17. The number of rotatable bonds is 4. The van der Waals surface area contributed by atoms with Crippen molar-refractivity contribution in [2.75, 3.05) is 13.2 Å². The van der Waals surface area contributed by atoms with Gasteiger partial charge in [-0.2, -0.15) is 0 Å². The van der Waals surface area contributed by atoms with Crippen LogP contribution in [0, 0.1) is 0 Å². The monoisotopic (exact) mass is 186 g/mol. The van der Waals surface area contributed by atoms with Crippen LogP contribution in [-0.4, -0.2) is 30.5 Å². The van der Waals surface area contributed by atoms with Crippen LogP contribution in [0.15, 0.2) is 11.8 Å². The summed E-state index contributed by atoms with van der Waals surface area (Å²) in [4.78, 5) is 0. The molecule has 76 valence electrons. The minimum atomic E-state index is -0.611. The molecule has 3 heteroatoms. The molecule has 13 heavy (non-hydrogen) atoms. The fourth-order valence-electron chi connectivity index (χ4n) is 1.37. The van der Waals surface area contributed by atoms with Gasteiger partial charge in [0, 0.05) is 6.61 Å². The summed E-state index contributed by atoms with van der Waals surface area (Å²) in [6.07, 6.45) is 3.18. The molecule has 1 rings (SSSR count). The van der Waals surface area contributed by atoms with Gasteiger partial charge in [0.15, 0.2) is 0 Å². The number of aliphatic hydroxyl groups excluding tert-OH is 1. The summed E-state index contributed by atoms with van der Waals surface area (Å²) in [6, 6.07) is 0. The Hall–Kier alpha value is -0.540. The number of ether oxygens (including phenoxy) is 2. The van der Waals surface area contributed by atoms with Crippen molar-refractivity contribution < 1.29 is 14.6 Å². The SMILES string of the molecule is CCOC(C)C(O)C1=CCCCO1. The Morgan fingerprint density at radius 2 is 2.46 bits per heavy atom. The van der Waals surface area contributed by atoms with Crippen LogP contribution >= 0.6 is 0 Å². The van der Waals surface area contributed by atoms with E-state index < -0.39 is 6.10 Å². The Bertz CT molecular complexity index is 177. The van der Waals surface area contributed by atoms with Crippen molar-refractivity contribution in [1.29, 1.82) is 0 Å². The molecular formula is C10H18O3. The molecule has 0 aliphatic carbocycles. The normalized spacial score (nSPS) is 21.6. The Kier molecular flexibility index (Phi) is 4.25. The van der Waals surface area contributed by atoms with Gasteiger partial charge in [-0.15, -0.1) is 0 Å². The summed E-state index contributed by atoms with van der Waals surface area (Å²) < 4.78 is 10.6. The van der Waals surface area contributed by atoms with E-state index in [9.17, 15) is 5.11 Å². The fraction of sp³-hybridized carbons (Fsp3) is 0.800. The van der Waals surface area contributed by atoms with Crippen LogP contribution in [0.4, 0.5) is 0 Å². The zero-order chi connectivity index (χ0) is 9.68. The number of hydrogen-bond donors (Lipinski definition) is 1. The van der Waals surface area contributed by atoms with E-state index in [-0.39, 0.29) is 6.10 Å². The van der Waals surface area contributed by atoms with Crippen molar-refractivity contribution in [3.05, 3.63) is 11.8 Å². The third-order valence-electron chi connectivity index (χ3n) is 2.13. The van der Waals surface area contributed by atoms with Crippen LogP contribution in [0.1, 0.15) is 26.7 Å². The van der Waals surface area contributed by atoms with Crippen molar-refractivity contribution in [2.24, 2.45) is 0 Å². The molecule has 1 aliphatic heterocycles. The van der Waals surface area contributed by atoms with Gasteiger partial charge in [-0.1, -0.05) is 0 Å². The minimum Gasteiger partial charge on any atom is -0.495 e. The highest BCUT2D eigenvalue weighted by molar-refractivity contribution is 5.04. The third kappa shape index (κ3) is 3.01. The molecule has 0 saturated heterocycles. The lowest BCUT2D eigenvalue weighted by Gasteiger charge is -2.24. The first-order valence-corrected chi connectivity index (χ1v) is 4.88. The zero-order valence-electron chi connectivity index (χ0n) is 8.32. The van der Waals surface area contributed by atoms with Crippen LogP contribution in [0.2, 0.25) is 0 Å². The van der Waals surface area contributed by atoms with Gasteiger partial charge in [-0.3, -0.25) is 0 Å². The van der Waals surface area contributed by atoms with Gasteiger partial charge in [-0.25, -0.2) is 0 Å². The Morgan fingerprint density at radius 1 is 1.69 bits per heavy atom. The second kappa shape index (κ2) is 5.25. The molecule has 1 aliphatic rings. The number of hydrogen-bond acceptors (Lipinski definition) is 3. The average molecular weight is 186 g/mol. The molecule has 0 saturated carbocycles. The highest BCUT2D eigenvalue weighted by atomic mass is 16.5. The molecule has 0 amide bonds. The fourth-order valence-corrected chi connectivity index (χ4v) is 1.37. The molecule has 0 radical (unpaired) electrons. The van der Waals surface area contributed by atoms with Gasteiger partial charge in [0.2, 0.25) is 0 Å². The summed E-state index contributed by atoms with van der Waals surface area (Å²) in [5.41, 5.74) is 0. The topological polar surface area (TPSA) is 38.7 Å². The van der Waals surface area contributed by atoms with Gasteiger partial charge in [0.25, 0.3) is 0 Å². The van der Waals surface area contributed by atoms with Crippen molar-refractivity contribution in [3.63, 3.8) is 0 Å². The van der Waals surface area contributed by atoms with E-state index in [1.807, 2.05) is 19.9 Å². The third-order valence-corrected chi connectivity index (χ3v) is 2.13. The quantitative estimate of drug-likeness (QED) is 0.722. The maximum atomic E-state index is 9.76. The number of aliphatic hydroxyl groups is 1. The largest absolute Gasteiger partial charge is 0.495 e. The predicted molar refractivity (Wildman–Crippen MR) is 50.4 cm³/mol. The molecule has 0 bridgehead atoms. The molecule has 2 atom stereocenters. The van der Waals surface area contributed by atoms with E-state index in [1.165, 1.54) is 0 Å². The van der Waals surface area contributed by atoms with Crippen LogP contribution in [0.3, 0.4) is 0 Å². The summed E-state index contributed by atoms with van der Waals surface area (Å²) in [6.45, 7) is 5.10. The molecule has 1 heterocycles. The second-order valence-electron chi connectivity index (χ2n) is 3.20. The first-order valence-electron chi connectivity index (χ1n) is 4.88. The molecule has 3 nitrogen and oxygen atoms in total. The van der Waals surface area contributed by atoms with E-state index in [0.29, 0.717) is 19.0 Å². The Labute approximate surface area is 79.3 Å². The lowest BCUT2D eigenvalue weighted by Crippen LogP contribution is -2.30. The highest BCUT2D eigenvalue weighted by Gasteiger charge is 2.21. The Balaban J connectivity index is 2.44. The van der Waals surface area contributed by atoms with Crippen LogP contribution < -0.4 is 0 Å². The lowest BCUT2D eigenvalue weighted by molar-refractivity contribution is -0.0323. The minimum absolute atomic E-state index is 0.186. The van der Waals surface area contributed by atoms with E-state index in [2.05, 4.69) is 0 Å². The van der Waals surface area contributed by atoms with E-state index in [4.69, 9.17) is 9.47 Å². The van der Waals surface area contributed by atoms with Crippen molar-refractivity contribution >= 4 is 0 Å². The molecule has 0 spiro atoms. The van der Waals surface area contributed by atoms with Crippen molar-refractivity contribution in [2.45, 2.75) is 38.9 Å². The molecule has 0 fully saturated rings. The lowest BCUT2D eigenvalue weighted by atomic mass is 10.1. The average Bonchev–Trinajstić information content (AvgIpc) is 2.18. The van der Waals surface area contributed by atoms with E-state index >= 15 is 0 Å². The maximum absolute atomic E-state index is 9.76.